The van der Waals surface area contributed by atoms with E-state index in [1.165, 1.54) is 29.3 Å². The number of carbonyl (C=O) groups is 2. The molecule has 0 radical (unpaired) electrons. The number of esters is 1. The van der Waals surface area contributed by atoms with E-state index in [-0.39, 0.29) is 24.2 Å². The van der Waals surface area contributed by atoms with Gasteiger partial charge in [-0.25, -0.2) is 9.59 Å². The number of nitrogens with zero attached hydrogens (tertiary/aromatic N) is 1. The maximum atomic E-state index is 14.2. The zero-order valence-corrected chi connectivity index (χ0v) is 32.1. The van der Waals surface area contributed by atoms with Gasteiger partial charge in [-0.2, -0.15) is 0 Å². The SMILES string of the molecule is CC(C)OC(=O)OC(C)OC(=O)C1(Nc2cccc(Cl)c2)CCC2(CC1)c1cc3c(cc1CC2C[C@@H](C)COc1ccnc2c1[C@H](C)CCC2)OCO3. The van der Waals surface area contributed by atoms with Crippen LogP contribution >= 0.6 is 11.6 Å². The summed E-state index contributed by atoms with van der Waals surface area (Å²) in [6, 6.07) is 13.7. The highest BCUT2D eigenvalue weighted by molar-refractivity contribution is 6.30. The molecule has 2 heterocycles. The van der Waals surface area contributed by atoms with Gasteiger partial charge in [0.2, 0.25) is 13.1 Å². The topological polar surface area (TPSA) is 114 Å². The molecular weight excluding hydrogens is 696 g/mol. The summed E-state index contributed by atoms with van der Waals surface area (Å²) in [4.78, 5) is 31.1. The fraction of sp³-hybridized carbons (Fsp3) is 0.548. The van der Waals surface area contributed by atoms with Gasteiger partial charge < -0.3 is 33.7 Å². The van der Waals surface area contributed by atoms with Crippen molar-refractivity contribution in [3.05, 3.63) is 76.1 Å². The molecule has 7 rings (SSSR count). The summed E-state index contributed by atoms with van der Waals surface area (Å²) in [5.74, 6) is 3.05. The normalized spacial score (nSPS) is 25.3. The van der Waals surface area contributed by atoms with E-state index in [1.54, 1.807) is 26.0 Å². The minimum Gasteiger partial charge on any atom is -0.493 e. The van der Waals surface area contributed by atoms with Crippen LogP contribution in [0.25, 0.3) is 0 Å². The molecule has 4 aliphatic rings. The van der Waals surface area contributed by atoms with Gasteiger partial charge in [0, 0.05) is 35.1 Å². The van der Waals surface area contributed by atoms with E-state index in [0.29, 0.717) is 42.0 Å². The molecule has 1 fully saturated rings. The first kappa shape index (κ1) is 37.1. The molecule has 0 saturated heterocycles. The molecule has 2 aromatic carbocycles. The fourth-order valence-electron chi connectivity index (χ4n) is 9.13. The summed E-state index contributed by atoms with van der Waals surface area (Å²) in [6.07, 6.45) is 7.07. The van der Waals surface area contributed by atoms with E-state index < -0.39 is 24.0 Å². The number of nitrogens with one attached hydrogen (secondary N) is 1. The maximum absolute atomic E-state index is 14.2. The number of halogens is 1. The number of fused-ring (bicyclic) bond motifs is 4. The lowest BCUT2D eigenvalue weighted by atomic mass is 9.59. The predicted molar refractivity (Wildman–Crippen MR) is 201 cm³/mol. The molecule has 3 aliphatic carbocycles. The molecule has 0 bridgehead atoms. The monoisotopic (exact) mass is 746 g/mol. The molecule has 53 heavy (non-hydrogen) atoms. The third kappa shape index (κ3) is 7.75. The van der Waals surface area contributed by atoms with E-state index in [0.717, 1.165) is 62.2 Å². The Balaban J connectivity index is 1.13. The predicted octanol–water partition coefficient (Wildman–Crippen LogP) is 9.29. The van der Waals surface area contributed by atoms with Crippen molar-refractivity contribution in [1.82, 2.24) is 4.98 Å². The van der Waals surface area contributed by atoms with Crippen LogP contribution in [0, 0.1) is 11.8 Å². The molecule has 2 unspecified atom stereocenters. The van der Waals surface area contributed by atoms with Gasteiger partial charge in [-0.05, 0) is 142 Å². The molecule has 0 amide bonds. The molecule has 3 aromatic rings. The number of rotatable bonds is 11. The first-order valence-electron chi connectivity index (χ1n) is 19.1. The van der Waals surface area contributed by atoms with Crippen LogP contribution < -0.4 is 19.5 Å². The lowest BCUT2D eigenvalue weighted by Gasteiger charge is -2.48. The highest BCUT2D eigenvalue weighted by atomic mass is 35.5. The van der Waals surface area contributed by atoms with Crippen LogP contribution in [0.4, 0.5) is 10.5 Å². The Labute approximate surface area is 317 Å². The molecule has 11 heteroatoms. The lowest BCUT2D eigenvalue weighted by molar-refractivity contribution is -0.175. The summed E-state index contributed by atoms with van der Waals surface area (Å²) >= 11 is 6.38. The minimum atomic E-state index is -1.14. The second-order valence-electron chi connectivity index (χ2n) is 15.8. The standard InChI is InChI=1S/C42H51ClN2O8/c1-25(2)51-40(47)53-28(5)52-39(46)42(45-32-10-7-9-31(43)21-32)15-13-41(14-16-42)30(19-29-20-36-37(22-33(29)41)50-24-49-36)18-26(3)23-48-35-12-17-44-34-11-6-8-27(4)38(34)35/h7,9-10,12,17,20-22,25-28,30,45H,6,8,11,13-16,18-19,23-24H2,1-5H3/t26-,27-,28?,30?,41?,42?/m1/s1. The van der Waals surface area contributed by atoms with Gasteiger partial charge in [0.25, 0.3) is 0 Å². The van der Waals surface area contributed by atoms with Crippen molar-refractivity contribution in [2.45, 2.75) is 122 Å². The van der Waals surface area contributed by atoms with Crippen LogP contribution in [-0.4, -0.2) is 48.4 Å². The molecule has 284 valence electrons. The van der Waals surface area contributed by atoms with Crippen LogP contribution in [0.1, 0.15) is 108 Å². The van der Waals surface area contributed by atoms with Gasteiger partial charge in [-0.1, -0.05) is 31.5 Å². The first-order chi connectivity index (χ1) is 25.4. The van der Waals surface area contributed by atoms with Crippen molar-refractivity contribution < 1.29 is 38.0 Å². The van der Waals surface area contributed by atoms with Gasteiger partial charge >= 0.3 is 12.1 Å². The van der Waals surface area contributed by atoms with Crippen molar-refractivity contribution >= 4 is 29.4 Å². The average molecular weight is 747 g/mol. The third-order valence-electron chi connectivity index (χ3n) is 11.6. The second kappa shape index (κ2) is 15.3. The van der Waals surface area contributed by atoms with Crippen LogP contribution in [0.3, 0.4) is 0 Å². The maximum Gasteiger partial charge on any atom is 0.511 e. The van der Waals surface area contributed by atoms with Crippen molar-refractivity contribution in [2.24, 2.45) is 11.8 Å². The smallest absolute Gasteiger partial charge is 0.493 e. The number of pyridine rings is 1. The first-order valence-corrected chi connectivity index (χ1v) is 19.5. The molecule has 10 nitrogen and oxygen atoms in total. The van der Waals surface area contributed by atoms with E-state index in [2.05, 4.69) is 36.3 Å². The van der Waals surface area contributed by atoms with Gasteiger partial charge in [0.15, 0.2) is 11.5 Å². The van der Waals surface area contributed by atoms with E-state index >= 15 is 0 Å². The Morgan fingerprint density at radius 1 is 1.00 bits per heavy atom. The molecule has 1 spiro atoms. The summed E-state index contributed by atoms with van der Waals surface area (Å²) < 4.78 is 34.5. The Hall–Kier alpha value is -4.18. The number of benzene rings is 2. The van der Waals surface area contributed by atoms with Crippen molar-refractivity contribution in [2.75, 3.05) is 18.7 Å². The van der Waals surface area contributed by atoms with Gasteiger partial charge in [-0.3, -0.25) is 4.98 Å². The number of carbonyl (C=O) groups excluding carboxylic acids is 2. The molecular formula is C42H51ClN2O8. The second-order valence-corrected chi connectivity index (χ2v) is 16.2. The number of aromatic nitrogens is 1. The van der Waals surface area contributed by atoms with Crippen LogP contribution in [0.5, 0.6) is 17.2 Å². The number of hydrogen-bond acceptors (Lipinski definition) is 10. The Morgan fingerprint density at radius 3 is 2.53 bits per heavy atom. The average Bonchev–Trinajstić information content (AvgIpc) is 3.68. The van der Waals surface area contributed by atoms with E-state index in [4.69, 9.17) is 40.0 Å². The van der Waals surface area contributed by atoms with Crippen LogP contribution in [0.15, 0.2) is 48.7 Å². The number of hydrogen-bond donors (Lipinski definition) is 1. The molecule has 4 atom stereocenters. The van der Waals surface area contributed by atoms with Crippen molar-refractivity contribution in [3.8, 4) is 17.2 Å². The Morgan fingerprint density at radius 2 is 1.77 bits per heavy atom. The highest BCUT2D eigenvalue weighted by Crippen LogP contribution is 2.58. The molecule has 1 aromatic heterocycles. The minimum absolute atomic E-state index is 0.210. The molecule has 1 aliphatic heterocycles. The van der Waals surface area contributed by atoms with Crippen molar-refractivity contribution in [3.63, 3.8) is 0 Å². The molecule has 1 N–H and O–H groups in total. The zero-order valence-electron chi connectivity index (χ0n) is 31.4. The van der Waals surface area contributed by atoms with Gasteiger partial charge in [-0.15, -0.1) is 0 Å². The lowest BCUT2D eigenvalue weighted by Crippen LogP contribution is -2.54. The fourth-order valence-corrected chi connectivity index (χ4v) is 9.32. The highest BCUT2D eigenvalue weighted by Gasteiger charge is 2.55. The summed E-state index contributed by atoms with van der Waals surface area (Å²) in [7, 11) is 0. The quantitative estimate of drug-likeness (QED) is 0.150. The van der Waals surface area contributed by atoms with Crippen molar-refractivity contribution in [1.29, 1.82) is 0 Å². The third-order valence-corrected chi connectivity index (χ3v) is 11.9. The number of anilines is 1. The van der Waals surface area contributed by atoms with Gasteiger partial charge in [0.1, 0.15) is 11.3 Å². The van der Waals surface area contributed by atoms with E-state index in [9.17, 15) is 9.59 Å². The van der Waals surface area contributed by atoms with Gasteiger partial charge in [0.05, 0.1) is 12.7 Å². The zero-order chi connectivity index (χ0) is 37.3. The Kier molecular flexibility index (Phi) is 10.7. The summed E-state index contributed by atoms with van der Waals surface area (Å²) in [5, 5.41) is 4.07. The van der Waals surface area contributed by atoms with Crippen LogP contribution in [0.2, 0.25) is 5.02 Å². The Bertz CT molecular complexity index is 1820. The van der Waals surface area contributed by atoms with E-state index in [1.807, 2.05) is 24.4 Å². The summed E-state index contributed by atoms with van der Waals surface area (Å²) in [6.45, 7) is 10.3. The summed E-state index contributed by atoms with van der Waals surface area (Å²) in [5.41, 5.74) is 4.39. The van der Waals surface area contributed by atoms with Crippen LogP contribution in [-0.2, 0) is 37.3 Å². The number of ether oxygens (including phenoxy) is 6. The number of aryl methyl sites for hydroxylation is 1. The molecule has 1 saturated carbocycles. The largest absolute Gasteiger partial charge is 0.511 e.